The van der Waals surface area contributed by atoms with Gasteiger partial charge in [0.25, 0.3) is 0 Å². The molecule has 21 heavy (non-hydrogen) atoms. The van der Waals surface area contributed by atoms with Gasteiger partial charge in [0.1, 0.15) is 17.5 Å². The van der Waals surface area contributed by atoms with Crippen LogP contribution in [0.4, 0.5) is 17.3 Å². The Kier molecular flexibility index (Phi) is 4.04. The Bertz CT molecular complexity index is 601. The Labute approximate surface area is 126 Å². The van der Waals surface area contributed by atoms with Crippen LogP contribution in [0.25, 0.3) is 0 Å². The van der Waals surface area contributed by atoms with Gasteiger partial charge in [-0.15, -0.1) is 0 Å². The maximum absolute atomic E-state index is 4.49. The molecule has 0 aliphatic heterocycles. The Morgan fingerprint density at radius 2 is 1.62 bits per heavy atom. The van der Waals surface area contributed by atoms with Gasteiger partial charge in [-0.05, 0) is 38.8 Å². The van der Waals surface area contributed by atoms with Gasteiger partial charge in [-0.25, -0.2) is 9.97 Å². The Morgan fingerprint density at radius 3 is 2.33 bits per heavy atom. The van der Waals surface area contributed by atoms with Gasteiger partial charge in [0, 0.05) is 17.8 Å². The second-order valence-electron chi connectivity index (χ2n) is 5.80. The molecule has 0 unspecified atom stereocenters. The van der Waals surface area contributed by atoms with E-state index in [9.17, 15) is 0 Å². The Balaban J connectivity index is 1.75. The summed E-state index contributed by atoms with van der Waals surface area (Å²) in [6.07, 6.45) is 5.11. The van der Waals surface area contributed by atoms with E-state index < -0.39 is 0 Å². The van der Waals surface area contributed by atoms with Crippen LogP contribution in [0.15, 0.2) is 30.3 Å². The SMILES string of the molecule is Cc1ccc(Nc2cc(NC3CCCC3)nc(C)n2)cc1. The van der Waals surface area contributed by atoms with Crippen molar-refractivity contribution in [2.24, 2.45) is 0 Å². The number of nitrogens with zero attached hydrogens (tertiary/aromatic N) is 2. The normalized spacial score (nSPS) is 15.1. The van der Waals surface area contributed by atoms with Crippen LogP contribution in [0.2, 0.25) is 0 Å². The molecule has 0 radical (unpaired) electrons. The molecule has 0 atom stereocenters. The molecule has 1 aromatic carbocycles. The van der Waals surface area contributed by atoms with E-state index in [2.05, 4.69) is 51.8 Å². The van der Waals surface area contributed by atoms with Crippen molar-refractivity contribution in [1.29, 1.82) is 0 Å². The maximum atomic E-state index is 4.49. The van der Waals surface area contributed by atoms with Crippen molar-refractivity contribution >= 4 is 17.3 Å². The maximum Gasteiger partial charge on any atom is 0.136 e. The van der Waals surface area contributed by atoms with E-state index in [-0.39, 0.29) is 0 Å². The highest BCUT2D eigenvalue weighted by molar-refractivity contribution is 5.59. The van der Waals surface area contributed by atoms with E-state index in [0.717, 1.165) is 23.1 Å². The first-order valence-corrected chi connectivity index (χ1v) is 7.65. The molecule has 0 amide bonds. The van der Waals surface area contributed by atoms with E-state index in [1.165, 1.54) is 31.2 Å². The van der Waals surface area contributed by atoms with Crippen molar-refractivity contribution in [3.05, 3.63) is 41.7 Å². The van der Waals surface area contributed by atoms with Crippen molar-refractivity contribution < 1.29 is 0 Å². The van der Waals surface area contributed by atoms with Crippen molar-refractivity contribution in [1.82, 2.24) is 9.97 Å². The standard InChI is InChI=1S/C17H22N4/c1-12-7-9-15(10-8-12)21-17-11-16(18-13(2)19-17)20-14-5-3-4-6-14/h7-11,14H,3-6H2,1-2H3,(H2,18,19,20,21). The zero-order valence-electron chi connectivity index (χ0n) is 12.7. The fourth-order valence-corrected chi connectivity index (χ4v) is 2.77. The number of aromatic nitrogens is 2. The number of nitrogens with one attached hydrogen (secondary N) is 2. The third kappa shape index (κ3) is 3.72. The second-order valence-corrected chi connectivity index (χ2v) is 5.80. The lowest BCUT2D eigenvalue weighted by atomic mass is 10.2. The van der Waals surface area contributed by atoms with Crippen molar-refractivity contribution in [3.8, 4) is 0 Å². The predicted molar refractivity (Wildman–Crippen MR) is 87.1 cm³/mol. The summed E-state index contributed by atoms with van der Waals surface area (Å²) in [5.41, 5.74) is 2.30. The van der Waals surface area contributed by atoms with Crippen LogP contribution in [0, 0.1) is 13.8 Å². The molecule has 0 bridgehead atoms. The summed E-state index contributed by atoms with van der Waals surface area (Å²) in [6.45, 7) is 4.02. The summed E-state index contributed by atoms with van der Waals surface area (Å²) in [7, 11) is 0. The van der Waals surface area contributed by atoms with Crippen LogP contribution in [0.5, 0.6) is 0 Å². The smallest absolute Gasteiger partial charge is 0.136 e. The summed E-state index contributed by atoms with van der Waals surface area (Å²) in [6, 6.07) is 10.9. The minimum atomic E-state index is 0.562. The predicted octanol–water partition coefficient (Wildman–Crippen LogP) is 4.19. The third-order valence-electron chi connectivity index (χ3n) is 3.87. The Morgan fingerprint density at radius 1 is 0.952 bits per heavy atom. The van der Waals surface area contributed by atoms with Gasteiger partial charge in [-0.2, -0.15) is 0 Å². The second kappa shape index (κ2) is 6.12. The number of rotatable bonds is 4. The Hall–Kier alpha value is -2.10. The van der Waals surface area contributed by atoms with Gasteiger partial charge in [-0.3, -0.25) is 0 Å². The largest absolute Gasteiger partial charge is 0.367 e. The molecule has 0 saturated heterocycles. The molecule has 4 heteroatoms. The summed E-state index contributed by atoms with van der Waals surface area (Å²) in [5.74, 6) is 2.54. The lowest BCUT2D eigenvalue weighted by Gasteiger charge is -2.14. The molecule has 1 aliphatic carbocycles. The number of anilines is 3. The van der Waals surface area contributed by atoms with Crippen LogP contribution in [0.3, 0.4) is 0 Å². The van der Waals surface area contributed by atoms with E-state index in [4.69, 9.17) is 0 Å². The minimum Gasteiger partial charge on any atom is -0.367 e. The molecule has 110 valence electrons. The molecule has 1 heterocycles. The third-order valence-corrected chi connectivity index (χ3v) is 3.87. The van der Waals surface area contributed by atoms with E-state index >= 15 is 0 Å². The zero-order chi connectivity index (χ0) is 14.7. The molecule has 3 rings (SSSR count). The lowest BCUT2D eigenvalue weighted by molar-refractivity contribution is 0.748. The number of hydrogen-bond donors (Lipinski definition) is 2. The first kappa shape index (κ1) is 13.9. The highest BCUT2D eigenvalue weighted by Gasteiger charge is 2.15. The minimum absolute atomic E-state index is 0.562. The topological polar surface area (TPSA) is 49.8 Å². The summed E-state index contributed by atoms with van der Waals surface area (Å²) in [5, 5.41) is 6.87. The molecule has 2 N–H and O–H groups in total. The summed E-state index contributed by atoms with van der Waals surface area (Å²) < 4.78 is 0. The number of benzene rings is 1. The first-order chi connectivity index (χ1) is 10.2. The van der Waals surface area contributed by atoms with Gasteiger partial charge in [0.15, 0.2) is 0 Å². The van der Waals surface area contributed by atoms with Crippen molar-refractivity contribution in [3.63, 3.8) is 0 Å². The molecule has 1 aliphatic rings. The van der Waals surface area contributed by atoms with Crippen molar-refractivity contribution in [2.75, 3.05) is 10.6 Å². The molecule has 0 spiro atoms. The van der Waals surface area contributed by atoms with Gasteiger partial charge < -0.3 is 10.6 Å². The molecule has 1 fully saturated rings. The molecule has 1 saturated carbocycles. The fraction of sp³-hybridized carbons (Fsp3) is 0.412. The molecule has 4 nitrogen and oxygen atoms in total. The molecular formula is C17H22N4. The number of aryl methyl sites for hydroxylation is 2. The average Bonchev–Trinajstić information content (AvgIpc) is 2.93. The monoisotopic (exact) mass is 282 g/mol. The summed E-state index contributed by atoms with van der Waals surface area (Å²) in [4.78, 5) is 8.95. The quantitative estimate of drug-likeness (QED) is 0.882. The molecule has 1 aromatic heterocycles. The van der Waals surface area contributed by atoms with E-state index in [0.29, 0.717) is 6.04 Å². The van der Waals surface area contributed by atoms with Crippen LogP contribution >= 0.6 is 0 Å². The fourth-order valence-electron chi connectivity index (χ4n) is 2.77. The van der Waals surface area contributed by atoms with Crippen LogP contribution in [-0.4, -0.2) is 16.0 Å². The molecule has 2 aromatic rings. The van der Waals surface area contributed by atoms with Crippen LogP contribution < -0.4 is 10.6 Å². The number of hydrogen-bond acceptors (Lipinski definition) is 4. The highest BCUT2D eigenvalue weighted by Crippen LogP contribution is 2.23. The first-order valence-electron chi connectivity index (χ1n) is 7.65. The molecular weight excluding hydrogens is 260 g/mol. The zero-order valence-corrected chi connectivity index (χ0v) is 12.7. The van der Waals surface area contributed by atoms with Crippen LogP contribution in [0.1, 0.15) is 37.1 Å². The van der Waals surface area contributed by atoms with Gasteiger partial charge in [0.05, 0.1) is 0 Å². The van der Waals surface area contributed by atoms with Gasteiger partial charge >= 0.3 is 0 Å². The van der Waals surface area contributed by atoms with Gasteiger partial charge in [0.2, 0.25) is 0 Å². The average molecular weight is 282 g/mol. The van der Waals surface area contributed by atoms with Gasteiger partial charge in [-0.1, -0.05) is 30.5 Å². The highest BCUT2D eigenvalue weighted by atomic mass is 15.1. The lowest BCUT2D eigenvalue weighted by Crippen LogP contribution is -2.16. The summed E-state index contributed by atoms with van der Waals surface area (Å²) >= 11 is 0. The van der Waals surface area contributed by atoms with E-state index in [1.807, 2.05) is 13.0 Å². The van der Waals surface area contributed by atoms with Crippen LogP contribution in [-0.2, 0) is 0 Å². The van der Waals surface area contributed by atoms with Crippen molar-refractivity contribution in [2.45, 2.75) is 45.6 Å². The van der Waals surface area contributed by atoms with E-state index in [1.54, 1.807) is 0 Å².